The number of para-hydroxylation sites is 1. The highest BCUT2D eigenvalue weighted by atomic mass is 16.2. The van der Waals surface area contributed by atoms with Crippen molar-refractivity contribution in [3.63, 3.8) is 0 Å². The zero-order valence-corrected chi connectivity index (χ0v) is 11.4. The summed E-state index contributed by atoms with van der Waals surface area (Å²) < 4.78 is 0. The molecule has 0 aromatic heterocycles. The molecule has 0 aliphatic carbocycles. The van der Waals surface area contributed by atoms with Gasteiger partial charge in [0.2, 0.25) is 11.8 Å². The van der Waals surface area contributed by atoms with Crippen molar-refractivity contribution in [2.24, 2.45) is 5.92 Å². The van der Waals surface area contributed by atoms with Gasteiger partial charge in [0.15, 0.2) is 0 Å². The van der Waals surface area contributed by atoms with Gasteiger partial charge in [-0.3, -0.25) is 9.59 Å². The topological polar surface area (TPSA) is 61.4 Å². The first kappa shape index (κ1) is 13.1. The molecule has 2 N–H and O–H groups in total. The van der Waals surface area contributed by atoms with Crippen LogP contribution in [0.5, 0.6) is 0 Å². The van der Waals surface area contributed by atoms with Crippen LogP contribution >= 0.6 is 0 Å². The molecule has 0 saturated carbocycles. The second kappa shape index (κ2) is 5.63. The fourth-order valence-electron chi connectivity index (χ4n) is 2.85. The summed E-state index contributed by atoms with van der Waals surface area (Å²) in [6, 6.07) is 8.01. The molecule has 0 radical (unpaired) electrons. The van der Waals surface area contributed by atoms with Crippen LogP contribution in [0.4, 0.5) is 5.69 Å². The van der Waals surface area contributed by atoms with Gasteiger partial charge in [0.1, 0.15) is 0 Å². The van der Waals surface area contributed by atoms with Gasteiger partial charge < -0.3 is 15.5 Å². The average Bonchev–Trinajstić information content (AvgIpc) is 2.69. The highest BCUT2D eigenvalue weighted by molar-refractivity contribution is 5.97. The minimum atomic E-state index is -0.0983. The van der Waals surface area contributed by atoms with E-state index in [1.54, 1.807) is 0 Å². The molecule has 1 fully saturated rings. The van der Waals surface area contributed by atoms with E-state index < -0.39 is 0 Å². The lowest BCUT2D eigenvalue weighted by Gasteiger charge is -2.29. The number of carbonyl (C=O) groups is 2. The highest BCUT2D eigenvalue weighted by Gasteiger charge is 2.30. The molecule has 2 aliphatic rings. The van der Waals surface area contributed by atoms with Crippen LogP contribution in [0.2, 0.25) is 0 Å². The number of hydrogen-bond donors (Lipinski definition) is 2. The Bertz CT molecular complexity index is 520. The minimum absolute atomic E-state index is 0.0481. The van der Waals surface area contributed by atoms with E-state index in [-0.39, 0.29) is 17.7 Å². The summed E-state index contributed by atoms with van der Waals surface area (Å²) in [4.78, 5) is 25.8. The van der Waals surface area contributed by atoms with Crippen molar-refractivity contribution >= 4 is 17.5 Å². The Balaban J connectivity index is 1.82. The monoisotopic (exact) mass is 273 g/mol. The Labute approximate surface area is 118 Å². The first-order valence-electron chi connectivity index (χ1n) is 7.12. The lowest BCUT2D eigenvalue weighted by molar-refractivity contribution is -0.127. The third-order valence-corrected chi connectivity index (χ3v) is 3.99. The summed E-state index contributed by atoms with van der Waals surface area (Å²) in [5, 5.41) is 6.12. The van der Waals surface area contributed by atoms with E-state index in [1.165, 1.54) is 0 Å². The number of amides is 2. The Morgan fingerprint density at radius 3 is 2.95 bits per heavy atom. The van der Waals surface area contributed by atoms with E-state index in [4.69, 9.17) is 0 Å². The molecule has 1 aromatic rings. The van der Waals surface area contributed by atoms with Gasteiger partial charge in [0.25, 0.3) is 0 Å². The zero-order valence-electron chi connectivity index (χ0n) is 11.4. The maximum atomic E-state index is 12.7. The van der Waals surface area contributed by atoms with Crippen molar-refractivity contribution in [1.29, 1.82) is 0 Å². The van der Waals surface area contributed by atoms with E-state index in [0.29, 0.717) is 25.9 Å². The molecular formula is C15H19N3O2. The molecule has 20 heavy (non-hydrogen) atoms. The lowest BCUT2D eigenvalue weighted by atomic mass is 9.97. The number of rotatable bonds is 1. The van der Waals surface area contributed by atoms with Gasteiger partial charge in [-0.1, -0.05) is 18.2 Å². The van der Waals surface area contributed by atoms with Crippen LogP contribution in [-0.2, 0) is 16.1 Å². The van der Waals surface area contributed by atoms with Crippen molar-refractivity contribution in [3.8, 4) is 0 Å². The standard InChI is InChI=1S/C15H19N3O2/c19-14-6-5-12(10-17-14)15(20)18-8-7-16-9-11-3-1-2-4-13(11)18/h1-4,12,16H,5-10H2,(H,17,19). The molecule has 2 amide bonds. The number of piperidine rings is 1. The molecule has 2 heterocycles. The Kier molecular flexibility index (Phi) is 3.69. The normalized spacial score (nSPS) is 22.7. The maximum Gasteiger partial charge on any atom is 0.231 e. The van der Waals surface area contributed by atoms with E-state index in [1.807, 2.05) is 23.1 Å². The van der Waals surface area contributed by atoms with Crippen molar-refractivity contribution in [2.45, 2.75) is 19.4 Å². The van der Waals surface area contributed by atoms with Gasteiger partial charge in [0, 0.05) is 38.3 Å². The molecular weight excluding hydrogens is 254 g/mol. The van der Waals surface area contributed by atoms with Gasteiger partial charge in [0.05, 0.1) is 5.92 Å². The molecule has 2 aliphatic heterocycles. The Morgan fingerprint density at radius 2 is 2.15 bits per heavy atom. The number of benzene rings is 1. The van der Waals surface area contributed by atoms with Gasteiger partial charge in [-0.05, 0) is 18.1 Å². The first-order valence-corrected chi connectivity index (χ1v) is 7.12. The number of fused-ring (bicyclic) bond motifs is 1. The fraction of sp³-hybridized carbons (Fsp3) is 0.467. The predicted octanol–water partition coefficient (Wildman–Crippen LogP) is 0.649. The maximum absolute atomic E-state index is 12.7. The van der Waals surface area contributed by atoms with Crippen LogP contribution in [0.25, 0.3) is 0 Å². The van der Waals surface area contributed by atoms with E-state index in [2.05, 4.69) is 16.7 Å². The number of nitrogens with one attached hydrogen (secondary N) is 2. The van der Waals surface area contributed by atoms with Crippen LogP contribution in [0.15, 0.2) is 24.3 Å². The molecule has 1 saturated heterocycles. The SMILES string of the molecule is O=C1CCC(C(=O)N2CCNCc3ccccc32)CN1. The third kappa shape index (κ3) is 2.54. The highest BCUT2D eigenvalue weighted by Crippen LogP contribution is 2.25. The number of carbonyl (C=O) groups excluding carboxylic acids is 2. The second-order valence-electron chi connectivity index (χ2n) is 5.34. The van der Waals surface area contributed by atoms with Crippen LogP contribution in [0.3, 0.4) is 0 Å². The van der Waals surface area contributed by atoms with Crippen LogP contribution in [0, 0.1) is 5.92 Å². The molecule has 0 spiro atoms. The third-order valence-electron chi connectivity index (χ3n) is 3.99. The Hall–Kier alpha value is -1.88. The quantitative estimate of drug-likeness (QED) is 0.790. The number of hydrogen-bond acceptors (Lipinski definition) is 3. The molecule has 5 heteroatoms. The van der Waals surface area contributed by atoms with Crippen LogP contribution in [-0.4, -0.2) is 31.4 Å². The Morgan fingerprint density at radius 1 is 1.30 bits per heavy atom. The molecule has 5 nitrogen and oxygen atoms in total. The summed E-state index contributed by atoms with van der Waals surface area (Å²) in [7, 11) is 0. The second-order valence-corrected chi connectivity index (χ2v) is 5.34. The summed E-state index contributed by atoms with van der Waals surface area (Å²) in [5.74, 6) is 0.0759. The molecule has 1 unspecified atom stereocenters. The number of nitrogens with zero attached hydrogens (tertiary/aromatic N) is 1. The van der Waals surface area contributed by atoms with E-state index >= 15 is 0 Å². The van der Waals surface area contributed by atoms with Gasteiger partial charge >= 0.3 is 0 Å². The zero-order chi connectivity index (χ0) is 13.9. The molecule has 106 valence electrons. The van der Waals surface area contributed by atoms with E-state index in [9.17, 15) is 9.59 Å². The fourth-order valence-corrected chi connectivity index (χ4v) is 2.85. The van der Waals surface area contributed by atoms with Crippen molar-refractivity contribution in [1.82, 2.24) is 10.6 Å². The molecule has 0 bridgehead atoms. The average molecular weight is 273 g/mol. The summed E-state index contributed by atoms with van der Waals surface area (Å²) in [5.41, 5.74) is 2.15. The van der Waals surface area contributed by atoms with Crippen molar-refractivity contribution in [2.75, 3.05) is 24.5 Å². The smallest absolute Gasteiger partial charge is 0.231 e. The van der Waals surface area contributed by atoms with Crippen LogP contribution < -0.4 is 15.5 Å². The lowest BCUT2D eigenvalue weighted by Crippen LogP contribution is -2.46. The summed E-state index contributed by atoms with van der Waals surface area (Å²) in [6.07, 6.45) is 1.10. The molecule has 3 rings (SSSR count). The predicted molar refractivity (Wildman–Crippen MR) is 76.2 cm³/mol. The van der Waals surface area contributed by atoms with Gasteiger partial charge in [-0.25, -0.2) is 0 Å². The van der Waals surface area contributed by atoms with Crippen molar-refractivity contribution in [3.05, 3.63) is 29.8 Å². The summed E-state index contributed by atoms with van der Waals surface area (Å²) >= 11 is 0. The number of anilines is 1. The first-order chi connectivity index (χ1) is 9.75. The molecule has 1 aromatic carbocycles. The largest absolute Gasteiger partial charge is 0.355 e. The van der Waals surface area contributed by atoms with Crippen molar-refractivity contribution < 1.29 is 9.59 Å². The van der Waals surface area contributed by atoms with E-state index in [0.717, 1.165) is 24.3 Å². The van der Waals surface area contributed by atoms with Gasteiger partial charge in [-0.15, -0.1) is 0 Å². The summed E-state index contributed by atoms with van der Waals surface area (Å²) in [6.45, 7) is 2.73. The van der Waals surface area contributed by atoms with Crippen LogP contribution in [0.1, 0.15) is 18.4 Å². The molecule has 1 atom stereocenters. The van der Waals surface area contributed by atoms with Gasteiger partial charge in [-0.2, -0.15) is 0 Å². The minimum Gasteiger partial charge on any atom is -0.355 e.